The molecule has 2 heteroatoms. The van der Waals surface area contributed by atoms with Crippen molar-refractivity contribution in [1.29, 1.82) is 0 Å². The van der Waals surface area contributed by atoms with E-state index in [1.54, 1.807) is 12.1 Å². The van der Waals surface area contributed by atoms with Gasteiger partial charge in [-0.3, -0.25) is 0 Å². The molecular weight excluding hydrogens is 261 g/mol. The molecule has 0 aromatic heterocycles. The largest absolute Gasteiger partial charge is 0.314 e. The summed E-state index contributed by atoms with van der Waals surface area (Å²) in [5, 5.41) is 3.71. The van der Waals surface area contributed by atoms with Crippen LogP contribution in [0.25, 0.3) is 0 Å². The second-order valence-corrected chi connectivity index (χ2v) is 7.42. The molecule has 2 aliphatic carbocycles. The van der Waals surface area contributed by atoms with Gasteiger partial charge < -0.3 is 5.32 Å². The topological polar surface area (TPSA) is 12.0 Å². The van der Waals surface area contributed by atoms with Crippen LogP contribution in [-0.2, 0) is 0 Å². The molecule has 0 heterocycles. The quantitative estimate of drug-likeness (QED) is 0.826. The Balaban J connectivity index is 1.72. The minimum absolute atomic E-state index is 0.123. The van der Waals surface area contributed by atoms with Gasteiger partial charge in [-0.1, -0.05) is 26.0 Å². The maximum atomic E-state index is 13.2. The number of rotatable bonds is 5. The van der Waals surface area contributed by atoms with Crippen LogP contribution in [0.1, 0.15) is 57.4 Å². The van der Waals surface area contributed by atoms with Crippen molar-refractivity contribution < 1.29 is 4.39 Å². The van der Waals surface area contributed by atoms with Crippen LogP contribution in [-0.4, -0.2) is 12.6 Å². The van der Waals surface area contributed by atoms with Crippen molar-refractivity contribution in [1.82, 2.24) is 5.32 Å². The van der Waals surface area contributed by atoms with Gasteiger partial charge in [0.25, 0.3) is 0 Å². The molecule has 2 saturated carbocycles. The van der Waals surface area contributed by atoms with E-state index in [4.69, 9.17) is 0 Å². The molecule has 0 saturated heterocycles. The molecule has 2 fully saturated rings. The SMILES string of the molecule is CC(C)C1CCC(CNC2CC2)C(c2ccc(F)cc2)C1. The Bertz CT molecular complexity index is 449. The van der Waals surface area contributed by atoms with Crippen molar-refractivity contribution in [3.63, 3.8) is 0 Å². The first-order valence-electron chi connectivity index (χ1n) is 8.62. The fourth-order valence-electron chi connectivity index (χ4n) is 3.84. The second-order valence-electron chi connectivity index (χ2n) is 7.42. The average Bonchev–Trinajstić information content (AvgIpc) is 3.30. The summed E-state index contributed by atoms with van der Waals surface area (Å²) < 4.78 is 13.2. The highest BCUT2D eigenvalue weighted by Crippen LogP contribution is 2.43. The fourth-order valence-corrected chi connectivity index (χ4v) is 3.84. The van der Waals surface area contributed by atoms with Crippen LogP contribution in [0, 0.1) is 23.6 Å². The monoisotopic (exact) mass is 289 g/mol. The highest BCUT2D eigenvalue weighted by Gasteiger charge is 2.33. The first-order valence-corrected chi connectivity index (χ1v) is 8.62. The summed E-state index contributed by atoms with van der Waals surface area (Å²) in [4.78, 5) is 0. The Kier molecular flexibility index (Phi) is 4.63. The zero-order valence-corrected chi connectivity index (χ0v) is 13.3. The molecule has 1 nitrogen and oxygen atoms in total. The van der Waals surface area contributed by atoms with E-state index in [0.29, 0.717) is 11.8 Å². The summed E-state index contributed by atoms with van der Waals surface area (Å²) >= 11 is 0. The molecule has 0 aliphatic heterocycles. The van der Waals surface area contributed by atoms with E-state index >= 15 is 0 Å². The lowest BCUT2D eigenvalue weighted by Gasteiger charge is -2.38. The van der Waals surface area contributed by atoms with E-state index in [0.717, 1.165) is 24.4 Å². The van der Waals surface area contributed by atoms with Crippen molar-refractivity contribution in [3.8, 4) is 0 Å². The van der Waals surface area contributed by atoms with E-state index in [9.17, 15) is 4.39 Å². The average molecular weight is 289 g/mol. The highest BCUT2D eigenvalue weighted by atomic mass is 19.1. The predicted molar refractivity (Wildman–Crippen MR) is 85.8 cm³/mol. The maximum absolute atomic E-state index is 13.2. The summed E-state index contributed by atoms with van der Waals surface area (Å²) in [5.41, 5.74) is 1.34. The lowest BCUT2D eigenvalue weighted by Crippen LogP contribution is -2.34. The third-order valence-electron chi connectivity index (χ3n) is 5.52. The number of hydrogen-bond donors (Lipinski definition) is 1. The smallest absolute Gasteiger partial charge is 0.123 e. The van der Waals surface area contributed by atoms with Crippen LogP contribution in [0.3, 0.4) is 0 Å². The second kappa shape index (κ2) is 6.48. The Morgan fingerprint density at radius 2 is 1.81 bits per heavy atom. The molecule has 0 bridgehead atoms. The summed E-state index contributed by atoms with van der Waals surface area (Å²) in [6, 6.07) is 8.04. The van der Waals surface area contributed by atoms with Crippen molar-refractivity contribution in [2.45, 2.75) is 57.9 Å². The first kappa shape index (κ1) is 15.0. The number of nitrogens with one attached hydrogen (secondary N) is 1. The Hall–Kier alpha value is -0.890. The highest BCUT2D eigenvalue weighted by molar-refractivity contribution is 5.22. The molecule has 1 N–H and O–H groups in total. The van der Waals surface area contributed by atoms with Gasteiger partial charge in [-0.25, -0.2) is 4.39 Å². The minimum Gasteiger partial charge on any atom is -0.314 e. The molecule has 1 aromatic rings. The van der Waals surface area contributed by atoms with E-state index in [1.165, 1.54) is 37.7 Å². The van der Waals surface area contributed by atoms with Crippen LogP contribution in [0.2, 0.25) is 0 Å². The molecule has 3 rings (SSSR count). The predicted octanol–water partition coefficient (Wildman–Crippen LogP) is 4.73. The van der Waals surface area contributed by atoms with Crippen LogP contribution in [0.4, 0.5) is 4.39 Å². The van der Waals surface area contributed by atoms with Crippen molar-refractivity contribution in [2.24, 2.45) is 17.8 Å². The van der Waals surface area contributed by atoms with E-state index in [1.807, 2.05) is 12.1 Å². The van der Waals surface area contributed by atoms with Crippen molar-refractivity contribution in [3.05, 3.63) is 35.6 Å². The zero-order chi connectivity index (χ0) is 14.8. The molecule has 0 amide bonds. The summed E-state index contributed by atoms with van der Waals surface area (Å²) in [6.45, 7) is 5.82. The molecule has 0 spiro atoms. The van der Waals surface area contributed by atoms with Gasteiger partial charge in [0, 0.05) is 6.04 Å². The Morgan fingerprint density at radius 3 is 2.43 bits per heavy atom. The zero-order valence-electron chi connectivity index (χ0n) is 13.3. The van der Waals surface area contributed by atoms with E-state index in [-0.39, 0.29) is 5.82 Å². The van der Waals surface area contributed by atoms with Gasteiger partial charge in [0.2, 0.25) is 0 Å². The molecule has 3 unspecified atom stereocenters. The molecule has 116 valence electrons. The van der Waals surface area contributed by atoms with Gasteiger partial charge in [0.15, 0.2) is 0 Å². The van der Waals surface area contributed by atoms with E-state index in [2.05, 4.69) is 19.2 Å². The summed E-state index contributed by atoms with van der Waals surface area (Å²) in [6.07, 6.45) is 6.63. The summed E-state index contributed by atoms with van der Waals surface area (Å²) in [5.74, 6) is 2.76. The van der Waals surface area contributed by atoms with E-state index < -0.39 is 0 Å². The normalized spacial score (nSPS) is 29.8. The number of halogens is 1. The minimum atomic E-state index is -0.123. The van der Waals surface area contributed by atoms with Crippen molar-refractivity contribution in [2.75, 3.05) is 6.54 Å². The first-order chi connectivity index (χ1) is 10.1. The van der Waals surface area contributed by atoms with Gasteiger partial charge >= 0.3 is 0 Å². The molecular formula is C19H28FN. The van der Waals surface area contributed by atoms with Crippen LogP contribution in [0.15, 0.2) is 24.3 Å². The van der Waals surface area contributed by atoms with Crippen molar-refractivity contribution >= 4 is 0 Å². The molecule has 2 aliphatic rings. The fraction of sp³-hybridized carbons (Fsp3) is 0.684. The summed E-state index contributed by atoms with van der Waals surface area (Å²) in [7, 11) is 0. The lowest BCUT2D eigenvalue weighted by molar-refractivity contribution is 0.190. The van der Waals surface area contributed by atoms with Gasteiger partial charge in [-0.15, -0.1) is 0 Å². The van der Waals surface area contributed by atoms with Crippen LogP contribution >= 0.6 is 0 Å². The number of benzene rings is 1. The maximum Gasteiger partial charge on any atom is 0.123 e. The van der Waals surface area contributed by atoms with Gasteiger partial charge in [-0.2, -0.15) is 0 Å². The molecule has 1 aromatic carbocycles. The third kappa shape index (κ3) is 3.85. The van der Waals surface area contributed by atoms with Gasteiger partial charge in [0.1, 0.15) is 5.82 Å². The standard InChI is InChI=1S/C19H28FN/c1-13(2)15-3-4-16(12-21-18-9-10-18)19(11-15)14-5-7-17(20)8-6-14/h5-8,13,15-16,18-19,21H,3-4,9-12H2,1-2H3. The Morgan fingerprint density at radius 1 is 1.10 bits per heavy atom. The van der Waals surface area contributed by atoms with Crippen LogP contribution < -0.4 is 5.32 Å². The third-order valence-corrected chi connectivity index (χ3v) is 5.52. The molecule has 3 atom stereocenters. The van der Waals surface area contributed by atoms with Gasteiger partial charge in [0.05, 0.1) is 0 Å². The van der Waals surface area contributed by atoms with Gasteiger partial charge in [-0.05, 0) is 80.0 Å². The Labute approximate surface area is 128 Å². The number of hydrogen-bond acceptors (Lipinski definition) is 1. The molecule has 21 heavy (non-hydrogen) atoms. The van der Waals surface area contributed by atoms with Crippen LogP contribution in [0.5, 0.6) is 0 Å². The molecule has 0 radical (unpaired) electrons. The lowest BCUT2D eigenvalue weighted by atomic mass is 9.68.